The van der Waals surface area contributed by atoms with Gasteiger partial charge in [-0.3, -0.25) is 4.79 Å². The second kappa shape index (κ2) is 5.45. The van der Waals surface area contributed by atoms with E-state index in [1.54, 1.807) is 0 Å². The number of amides is 1. The van der Waals surface area contributed by atoms with Crippen molar-refractivity contribution in [3.8, 4) is 12.3 Å². The lowest BCUT2D eigenvalue weighted by molar-refractivity contribution is 0.0942. The maximum absolute atomic E-state index is 12.1. The summed E-state index contributed by atoms with van der Waals surface area (Å²) < 4.78 is 0. The minimum Gasteiger partial charge on any atom is -0.398 e. The number of nitrogen functional groups attached to an aromatic ring is 1. The predicted molar refractivity (Wildman–Crippen MR) is 78.7 cm³/mol. The van der Waals surface area contributed by atoms with Gasteiger partial charge < -0.3 is 11.1 Å². The Hall–Kier alpha value is -2.47. The molecule has 0 radical (unpaired) electrons. The number of nitrogens with two attached hydrogens (primary N) is 1. The molecule has 0 saturated heterocycles. The van der Waals surface area contributed by atoms with Gasteiger partial charge in [0.1, 0.15) is 0 Å². The maximum Gasteiger partial charge on any atom is 0.253 e. The number of hydrogen-bond acceptors (Lipinski definition) is 2. The van der Waals surface area contributed by atoms with E-state index in [0.717, 1.165) is 10.8 Å². The monoisotopic (exact) mass is 252 g/mol. The van der Waals surface area contributed by atoms with Gasteiger partial charge >= 0.3 is 0 Å². The van der Waals surface area contributed by atoms with Crippen LogP contribution in [0.25, 0.3) is 10.8 Å². The Balaban J connectivity index is 2.32. The van der Waals surface area contributed by atoms with Crippen LogP contribution in [0.3, 0.4) is 0 Å². The fraction of sp³-hybridized carbons (Fsp3) is 0.188. The van der Waals surface area contributed by atoms with Gasteiger partial charge in [0.2, 0.25) is 0 Å². The number of carbonyl (C=O) groups is 1. The highest BCUT2D eigenvalue weighted by molar-refractivity contribution is 6.04. The van der Waals surface area contributed by atoms with Crippen molar-refractivity contribution in [2.45, 2.75) is 19.4 Å². The molecule has 2 aromatic rings. The summed E-state index contributed by atoms with van der Waals surface area (Å²) in [4.78, 5) is 12.1. The third-order valence-corrected chi connectivity index (χ3v) is 2.96. The van der Waals surface area contributed by atoms with Crippen LogP contribution in [-0.4, -0.2) is 11.9 Å². The van der Waals surface area contributed by atoms with Crippen molar-refractivity contribution >= 4 is 22.4 Å². The van der Waals surface area contributed by atoms with Crippen LogP contribution in [0.2, 0.25) is 0 Å². The number of nitrogens with one attached hydrogen (secondary N) is 1. The summed E-state index contributed by atoms with van der Waals surface area (Å²) in [6.45, 7) is 1.87. The van der Waals surface area contributed by atoms with Crippen molar-refractivity contribution in [1.29, 1.82) is 0 Å². The van der Waals surface area contributed by atoms with Crippen LogP contribution in [0.4, 0.5) is 5.69 Å². The van der Waals surface area contributed by atoms with E-state index in [1.165, 1.54) is 0 Å². The molecule has 0 heterocycles. The summed E-state index contributed by atoms with van der Waals surface area (Å²) in [6, 6.07) is 11.4. The SMILES string of the molecule is C#CCC(C)NC(=O)c1cc2ccccc2cc1N. The molecule has 0 aromatic heterocycles. The molecule has 1 atom stereocenters. The summed E-state index contributed by atoms with van der Waals surface area (Å²) >= 11 is 0. The summed E-state index contributed by atoms with van der Waals surface area (Å²) in [5.74, 6) is 2.33. The normalized spacial score (nSPS) is 11.8. The molecule has 3 heteroatoms. The standard InChI is InChI=1S/C16H16N2O/c1-3-6-11(2)18-16(19)14-9-12-7-4-5-8-13(12)10-15(14)17/h1,4-5,7-11H,6,17H2,2H3,(H,18,19). The van der Waals surface area contributed by atoms with E-state index in [-0.39, 0.29) is 11.9 Å². The van der Waals surface area contributed by atoms with E-state index in [1.807, 2.05) is 43.3 Å². The largest absolute Gasteiger partial charge is 0.398 e. The number of anilines is 1. The van der Waals surface area contributed by atoms with Gasteiger partial charge in [0.15, 0.2) is 0 Å². The van der Waals surface area contributed by atoms with Gasteiger partial charge in [-0.2, -0.15) is 0 Å². The fourth-order valence-corrected chi connectivity index (χ4v) is 1.98. The molecule has 0 spiro atoms. The zero-order chi connectivity index (χ0) is 13.8. The molecule has 0 aliphatic carbocycles. The van der Waals surface area contributed by atoms with Crippen molar-refractivity contribution in [3.05, 3.63) is 42.0 Å². The Morgan fingerprint density at radius 2 is 2.00 bits per heavy atom. The molecule has 3 N–H and O–H groups in total. The Morgan fingerprint density at radius 1 is 1.37 bits per heavy atom. The van der Waals surface area contributed by atoms with Crippen molar-refractivity contribution in [2.75, 3.05) is 5.73 Å². The quantitative estimate of drug-likeness (QED) is 0.651. The van der Waals surface area contributed by atoms with Crippen molar-refractivity contribution in [1.82, 2.24) is 5.32 Å². The summed E-state index contributed by atoms with van der Waals surface area (Å²) in [6.07, 6.45) is 5.72. The van der Waals surface area contributed by atoms with E-state index >= 15 is 0 Å². The van der Waals surface area contributed by atoms with Crippen LogP contribution in [-0.2, 0) is 0 Å². The smallest absolute Gasteiger partial charge is 0.253 e. The second-order valence-electron chi connectivity index (χ2n) is 4.57. The first kappa shape index (κ1) is 13.0. The van der Waals surface area contributed by atoms with Gasteiger partial charge in [-0.05, 0) is 29.8 Å². The summed E-state index contributed by atoms with van der Waals surface area (Å²) in [5.41, 5.74) is 6.90. The number of hydrogen-bond donors (Lipinski definition) is 2. The van der Waals surface area contributed by atoms with Gasteiger partial charge in [-0.15, -0.1) is 12.3 Å². The maximum atomic E-state index is 12.1. The van der Waals surface area contributed by atoms with Crippen LogP contribution >= 0.6 is 0 Å². The van der Waals surface area contributed by atoms with Crippen LogP contribution in [0.5, 0.6) is 0 Å². The Labute approximate surface area is 112 Å². The Morgan fingerprint density at radius 3 is 2.63 bits per heavy atom. The van der Waals surface area contributed by atoms with E-state index in [0.29, 0.717) is 17.7 Å². The molecule has 2 rings (SSSR count). The molecule has 19 heavy (non-hydrogen) atoms. The zero-order valence-corrected chi connectivity index (χ0v) is 10.8. The first-order chi connectivity index (χ1) is 9.11. The van der Waals surface area contributed by atoms with Gasteiger partial charge in [0.25, 0.3) is 5.91 Å². The van der Waals surface area contributed by atoms with E-state index < -0.39 is 0 Å². The number of benzene rings is 2. The van der Waals surface area contributed by atoms with Gasteiger partial charge in [0.05, 0.1) is 5.56 Å². The molecule has 1 unspecified atom stereocenters. The van der Waals surface area contributed by atoms with Crippen molar-refractivity contribution in [2.24, 2.45) is 0 Å². The lowest BCUT2D eigenvalue weighted by atomic mass is 10.0. The molecule has 0 fully saturated rings. The van der Waals surface area contributed by atoms with Crippen molar-refractivity contribution < 1.29 is 4.79 Å². The number of carbonyl (C=O) groups excluding carboxylic acids is 1. The van der Waals surface area contributed by atoms with Gasteiger partial charge in [0, 0.05) is 18.2 Å². The average Bonchev–Trinajstić information content (AvgIpc) is 2.38. The van der Waals surface area contributed by atoms with Crippen molar-refractivity contribution in [3.63, 3.8) is 0 Å². The molecule has 0 aliphatic heterocycles. The molecular formula is C16H16N2O. The van der Waals surface area contributed by atoms with Crippen LogP contribution in [0.1, 0.15) is 23.7 Å². The first-order valence-corrected chi connectivity index (χ1v) is 6.14. The minimum absolute atomic E-state index is 0.0663. The third kappa shape index (κ3) is 2.86. The highest BCUT2D eigenvalue weighted by Gasteiger charge is 2.13. The van der Waals surface area contributed by atoms with Crippen LogP contribution in [0.15, 0.2) is 36.4 Å². The second-order valence-corrected chi connectivity index (χ2v) is 4.57. The fourth-order valence-electron chi connectivity index (χ4n) is 1.98. The topological polar surface area (TPSA) is 55.1 Å². The van der Waals surface area contributed by atoms with E-state index in [2.05, 4.69) is 11.2 Å². The van der Waals surface area contributed by atoms with E-state index in [9.17, 15) is 4.79 Å². The Kier molecular flexibility index (Phi) is 3.72. The molecule has 3 nitrogen and oxygen atoms in total. The van der Waals surface area contributed by atoms with Crippen LogP contribution in [0, 0.1) is 12.3 Å². The average molecular weight is 252 g/mol. The minimum atomic E-state index is -0.189. The lowest BCUT2D eigenvalue weighted by Gasteiger charge is -2.13. The Bertz CT molecular complexity index is 655. The molecule has 1 amide bonds. The highest BCUT2D eigenvalue weighted by Crippen LogP contribution is 2.21. The lowest BCUT2D eigenvalue weighted by Crippen LogP contribution is -2.32. The summed E-state index contributed by atoms with van der Waals surface area (Å²) in [7, 11) is 0. The summed E-state index contributed by atoms with van der Waals surface area (Å²) in [5, 5.41) is 4.85. The van der Waals surface area contributed by atoms with E-state index in [4.69, 9.17) is 12.2 Å². The predicted octanol–water partition coefficient (Wildman–Crippen LogP) is 2.56. The molecule has 0 aliphatic rings. The van der Waals surface area contributed by atoms with Gasteiger partial charge in [-0.1, -0.05) is 24.3 Å². The number of fused-ring (bicyclic) bond motifs is 1. The molecule has 2 aromatic carbocycles. The highest BCUT2D eigenvalue weighted by atomic mass is 16.1. The number of rotatable bonds is 3. The molecule has 96 valence electrons. The molecular weight excluding hydrogens is 236 g/mol. The zero-order valence-electron chi connectivity index (χ0n) is 10.8. The molecule has 0 saturated carbocycles. The third-order valence-electron chi connectivity index (χ3n) is 2.96. The first-order valence-electron chi connectivity index (χ1n) is 6.14. The number of terminal acetylenes is 1. The molecule has 0 bridgehead atoms. The van der Waals surface area contributed by atoms with Gasteiger partial charge in [-0.25, -0.2) is 0 Å². The van der Waals surface area contributed by atoms with Crippen LogP contribution < -0.4 is 11.1 Å².